The van der Waals surface area contributed by atoms with E-state index in [4.69, 9.17) is 11.6 Å². The summed E-state index contributed by atoms with van der Waals surface area (Å²) in [6.07, 6.45) is 1.99. The highest BCUT2D eigenvalue weighted by atomic mass is 35.5. The maximum atomic E-state index is 12.1. The van der Waals surface area contributed by atoms with Crippen LogP contribution < -0.4 is 5.32 Å². The van der Waals surface area contributed by atoms with E-state index in [1.54, 1.807) is 0 Å². The molecule has 1 unspecified atom stereocenters. The van der Waals surface area contributed by atoms with Crippen molar-refractivity contribution in [2.24, 2.45) is 0 Å². The van der Waals surface area contributed by atoms with E-state index in [2.05, 4.69) is 23.7 Å². The van der Waals surface area contributed by atoms with Crippen molar-refractivity contribution < 1.29 is 4.79 Å². The van der Waals surface area contributed by atoms with Gasteiger partial charge in [-0.15, -0.1) is 0 Å². The second-order valence-corrected chi connectivity index (χ2v) is 5.96. The van der Waals surface area contributed by atoms with Crippen LogP contribution in [0.15, 0.2) is 30.5 Å². The molecule has 0 fully saturated rings. The molecule has 0 spiro atoms. The molecule has 20 heavy (non-hydrogen) atoms. The van der Waals surface area contributed by atoms with E-state index in [0.29, 0.717) is 6.04 Å². The highest BCUT2D eigenvalue weighted by Gasteiger charge is 2.34. The normalized spacial score (nSPS) is 17.4. The number of benzene rings is 1. The zero-order valence-electron chi connectivity index (χ0n) is 11.8. The van der Waals surface area contributed by atoms with Crippen molar-refractivity contribution in [2.75, 3.05) is 0 Å². The first-order valence-electron chi connectivity index (χ1n) is 6.76. The lowest BCUT2D eigenvalue weighted by molar-refractivity contribution is 0.0960. The zero-order chi connectivity index (χ0) is 14.4. The molecular weight excluding hydrogens is 272 g/mol. The number of carbonyl (C=O) groups is 1. The van der Waals surface area contributed by atoms with Crippen LogP contribution in [0.5, 0.6) is 0 Å². The Morgan fingerprint density at radius 3 is 2.70 bits per heavy atom. The molecule has 2 aromatic rings. The largest absolute Gasteiger partial charge is 0.346 e. The van der Waals surface area contributed by atoms with Gasteiger partial charge < -0.3 is 9.88 Å². The van der Waals surface area contributed by atoms with Crippen LogP contribution in [-0.4, -0.2) is 10.5 Å². The maximum Gasteiger partial charge on any atom is 0.254 e. The van der Waals surface area contributed by atoms with Gasteiger partial charge in [0.2, 0.25) is 0 Å². The fraction of sp³-hybridized carbons (Fsp3) is 0.312. The van der Waals surface area contributed by atoms with Gasteiger partial charge in [-0.25, -0.2) is 0 Å². The summed E-state index contributed by atoms with van der Waals surface area (Å²) in [6.45, 7) is 6.26. The third-order valence-corrected chi connectivity index (χ3v) is 4.08. The first-order valence-corrected chi connectivity index (χ1v) is 7.14. The Bertz CT molecular complexity index is 688. The molecule has 1 atom stereocenters. The van der Waals surface area contributed by atoms with Crippen molar-refractivity contribution >= 4 is 17.5 Å². The van der Waals surface area contributed by atoms with Gasteiger partial charge in [0.15, 0.2) is 0 Å². The fourth-order valence-electron chi connectivity index (χ4n) is 2.87. The number of halogens is 1. The van der Waals surface area contributed by atoms with E-state index < -0.39 is 0 Å². The molecule has 0 aliphatic carbocycles. The van der Waals surface area contributed by atoms with Crippen molar-refractivity contribution in [3.8, 4) is 0 Å². The lowest BCUT2D eigenvalue weighted by Gasteiger charge is -2.20. The zero-order valence-corrected chi connectivity index (χ0v) is 12.5. The standard InChI is InChI=1S/C16H17ClN2O/c1-9(2)19-7-6-13-15(19)14(18-16(13)20)12-5-4-11(17)8-10(12)3/h4-9,14H,1-3H3,(H,18,20). The molecule has 2 heterocycles. The quantitative estimate of drug-likeness (QED) is 0.894. The second kappa shape index (κ2) is 4.67. The summed E-state index contributed by atoms with van der Waals surface area (Å²) in [5.41, 5.74) is 4.02. The van der Waals surface area contributed by atoms with Gasteiger partial charge in [0, 0.05) is 17.3 Å². The average Bonchev–Trinajstić information content (AvgIpc) is 2.92. The average molecular weight is 289 g/mol. The number of aromatic nitrogens is 1. The third-order valence-electron chi connectivity index (χ3n) is 3.85. The summed E-state index contributed by atoms with van der Waals surface area (Å²) in [5, 5.41) is 3.79. The number of nitrogens with zero attached hydrogens (tertiary/aromatic N) is 1. The molecule has 0 saturated heterocycles. The van der Waals surface area contributed by atoms with Gasteiger partial charge in [-0.2, -0.15) is 0 Å². The Labute approximate surface area is 123 Å². The van der Waals surface area contributed by atoms with Crippen LogP contribution in [0, 0.1) is 6.92 Å². The van der Waals surface area contributed by atoms with E-state index in [9.17, 15) is 4.79 Å². The fourth-order valence-corrected chi connectivity index (χ4v) is 3.10. The molecule has 1 aromatic heterocycles. The van der Waals surface area contributed by atoms with Crippen LogP contribution in [0.1, 0.15) is 53.1 Å². The van der Waals surface area contributed by atoms with E-state index in [0.717, 1.165) is 27.4 Å². The Kier molecular flexibility index (Phi) is 3.09. The molecule has 4 heteroatoms. The first-order chi connectivity index (χ1) is 9.49. The molecule has 3 nitrogen and oxygen atoms in total. The van der Waals surface area contributed by atoms with Crippen molar-refractivity contribution in [1.29, 1.82) is 0 Å². The molecule has 1 aliphatic rings. The lowest BCUT2D eigenvalue weighted by atomic mass is 9.99. The lowest BCUT2D eigenvalue weighted by Crippen LogP contribution is -2.22. The summed E-state index contributed by atoms with van der Waals surface area (Å²) in [5.74, 6) is -0.00116. The molecule has 0 bridgehead atoms. The SMILES string of the molecule is Cc1cc(Cl)ccc1C1NC(=O)c2ccn(C(C)C)c21. The van der Waals surface area contributed by atoms with Crippen molar-refractivity contribution in [1.82, 2.24) is 9.88 Å². The summed E-state index contributed by atoms with van der Waals surface area (Å²) >= 11 is 6.02. The van der Waals surface area contributed by atoms with Crippen LogP contribution in [0.3, 0.4) is 0 Å². The first kappa shape index (κ1) is 13.3. The molecule has 0 radical (unpaired) electrons. The monoisotopic (exact) mass is 288 g/mol. The Morgan fingerprint density at radius 2 is 2.05 bits per heavy atom. The Balaban J connectivity index is 2.14. The molecule has 1 N–H and O–H groups in total. The van der Waals surface area contributed by atoms with Crippen LogP contribution in [0.4, 0.5) is 0 Å². The number of nitrogens with one attached hydrogen (secondary N) is 1. The van der Waals surface area contributed by atoms with Gasteiger partial charge in [-0.05, 0) is 50.1 Å². The van der Waals surface area contributed by atoms with Crippen LogP contribution >= 0.6 is 11.6 Å². The minimum Gasteiger partial charge on any atom is -0.346 e. The minimum absolute atomic E-state index is 0.00116. The summed E-state index contributed by atoms with van der Waals surface area (Å²) < 4.78 is 2.16. The van der Waals surface area contributed by atoms with Gasteiger partial charge in [0.25, 0.3) is 5.91 Å². The van der Waals surface area contributed by atoms with Crippen LogP contribution in [-0.2, 0) is 0 Å². The number of fused-ring (bicyclic) bond motifs is 1. The molecule has 1 aromatic carbocycles. The van der Waals surface area contributed by atoms with Crippen molar-refractivity contribution in [2.45, 2.75) is 32.9 Å². The predicted octanol–water partition coefficient (Wildman–Crippen LogP) is 3.86. The maximum absolute atomic E-state index is 12.1. The van der Waals surface area contributed by atoms with Crippen molar-refractivity contribution in [3.63, 3.8) is 0 Å². The molecule has 3 rings (SSSR count). The third kappa shape index (κ3) is 1.93. The van der Waals surface area contributed by atoms with Gasteiger partial charge in [0.1, 0.15) is 0 Å². The van der Waals surface area contributed by atoms with E-state index >= 15 is 0 Å². The molecule has 1 aliphatic heterocycles. The number of hydrogen-bond donors (Lipinski definition) is 1. The summed E-state index contributed by atoms with van der Waals surface area (Å²) in [4.78, 5) is 12.1. The number of rotatable bonds is 2. The predicted molar refractivity (Wildman–Crippen MR) is 80.3 cm³/mol. The van der Waals surface area contributed by atoms with Gasteiger partial charge in [-0.1, -0.05) is 17.7 Å². The summed E-state index contributed by atoms with van der Waals surface area (Å²) in [7, 11) is 0. The van der Waals surface area contributed by atoms with Gasteiger partial charge >= 0.3 is 0 Å². The van der Waals surface area contributed by atoms with E-state index in [1.165, 1.54) is 0 Å². The minimum atomic E-state index is -0.0906. The number of carbonyl (C=O) groups excluding carboxylic acids is 1. The molecule has 104 valence electrons. The summed E-state index contributed by atoms with van der Waals surface area (Å²) in [6, 6.07) is 7.93. The molecule has 1 amide bonds. The van der Waals surface area contributed by atoms with Crippen molar-refractivity contribution in [3.05, 3.63) is 57.9 Å². The van der Waals surface area contributed by atoms with Crippen LogP contribution in [0.2, 0.25) is 5.02 Å². The number of amides is 1. The Morgan fingerprint density at radius 1 is 1.30 bits per heavy atom. The van der Waals surface area contributed by atoms with Gasteiger partial charge in [0.05, 0.1) is 17.3 Å². The molecule has 0 saturated carbocycles. The number of hydrogen-bond acceptors (Lipinski definition) is 1. The topological polar surface area (TPSA) is 34.0 Å². The van der Waals surface area contributed by atoms with E-state index in [1.807, 2.05) is 37.4 Å². The van der Waals surface area contributed by atoms with E-state index in [-0.39, 0.29) is 11.9 Å². The van der Waals surface area contributed by atoms with Crippen LogP contribution in [0.25, 0.3) is 0 Å². The molecular formula is C16H17ClN2O. The highest BCUT2D eigenvalue weighted by molar-refractivity contribution is 6.30. The Hall–Kier alpha value is -1.74. The smallest absolute Gasteiger partial charge is 0.254 e. The number of aryl methyl sites for hydroxylation is 1. The highest BCUT2D eigenvalue weighted by Crippen LogP contribution is 2.35. The second-order valence-electron chi connectivity index (χ2n) is 5.52. The van der Waals surface area contributed by atoms with Gasteiger partial charge in [-0.3, -0.25) is 4.79 Å².